The number of esters is 1. The van der Waals surface area contributed by atoms with E-state index in [2.05, 4.69) is 15.3 Å². The molecular formula is C17H18N4O3. The fourth-order valence-electron chi connectivity index (χ4n) is 2.50. The van der Waals surface area contributed by atoms with E-state index in [1.165, 1.54) is 0 Å². The van der Waals surface area contributed by atoms with Gasteiger partial charge >= 0.3 is 5.97 Å². The molecule has 0 bridgehead atoms. The first kappa shape index (κ1) is 15.9. The van der Waals surface area contributed by atoms with Gasteiger partial charge in [-0.2, -0.15) is 0 Å². The molecule has 0 saturated heterocycles. The van der Waals surface area contributed by atoms with E-state index in [1.807, 2.05) is 0 Å². The van der Waals surface area contributed by atoms with Gasteiger partial charge in [0.05, 0.1) is 29.2 Å². The van der Waals surface area contributed by atoms with E-state index in [1.54, 1.807) is 39.1 Å². The van der Waals surface area contributed by atoms with Crippen molar-refractivity contribution in [3.05, 3.63) is 23.4 Å². The van der Waals surface area contributed by atoms with Crippen molar-refractivity contribution in [2.45, 2.75) is 20.8 Å². The van der Waals surface area contributed by atoms with E-state index >= 15 is 0 Å². The largest absolute Gasteiger partial charge is 0.461 e. The number of benzene rings is 1. The molecule has 1 aromatic carbocycles. The van der Waals surface area contributed by atoms with Crippen molar-refractivity contribution in [3.8, 4) is 0 Å². The van der Waals surface area contributed by atoms with Gasteiger partial charge in [-0.1, -0.05) is 13.8 Å². The molecule has 0 atom stereocenters. The third-order valence-corrected chi connectivity index (χ3v) is 3.71. The summed E-state index contributed by atoms with van der Waals surface area (Å²) in [4.78, 5) is 32.6. The zero-order chi connectivity index (χ0) is 17.4. The van der Waals surface area contributed by atoms with Crippen molar-refractivity contribution in [2.24, 2.45) is 10.9 Å². The number of pyridine rings is 1. The average molecular weight is 326 g/mol. The van der Waals surface area contributed by atoms with Crippen LogP contribution in [-0.2, 0) is 9.53 Å². The molecule has 1 aliphatic heterocycles. The van der Waals surface area contributed by atoms with Gasteiger partial charge < -0.3 is 15.8 Å². The maximum absolute atomic E-state index is 12.0. The highest BCUT2D eigenvalue weighted by Gasteiger charge is 2.22. The molecule has 0 radical (unpaired) electrons. The highest BCUT2D eigenvalue weighted by atomic mass is 16.5. The number of hydrogen-bond acceptors (Lipinski definition) is 6. The minimum Gasteiger partial charge on any atom is -0.461 e. The van der Waals surface area contributed by atoms with Gasteiger partial charge in [0.1, 0.15) is 5.69 Å². The number of amides is 1. The predicted octanol–water partition coefficient (Wildman–Crippen LogP) is 2.65. The fraction of sp³-hybridized carbons (Fsp3) is 0.294. The first-order chi connectivity index (χ1) is 11.4. The number of nitrogen functional groups attached to an aromatic ring is 1. The number of nitrogens with zero attached hydrogens (tertiary/aromatic N) is 2. The van der Waals surface area contributed by atoms with Crippen LogP contribution in [-0.4, -0.2) is 29.7 Å². The highest BCUT2D eigenvalue weighted by Crippen LogP contribution is 2.42. The van der Waals surface area contributed by atoms with Crippen LogP contribution in [0.5, 0.6) is 0 Å². The Labute approximate surface area is 138 Å². The number of carbonyl (C=O) groups is 2. The van der Waals surface area contributed by atoms with Crippen molar-refractivity contribution < 1.29 is 14.3 Å². The summed E-state index contributed by atoms with van der Waals surface area (Å²) in [6.45, 7) is 5.61. The number of nitrogens with one attached hydrogen (secondary N) is 1. The van der Waals surface area contributed by atoms with E-state index in [4.69, 9.17) is 10.5 Å². The second-order valence-electron chi connectivity index (χ2n) is 5.80. The van der Waals surface area contributed by atoms with Crippen LogP contribution in [0.4, 0.5) is 17.1 Å². The molecule has 7 nitrogen and oxygen atoms in total. The summed E-state index contributed by atoms with van der Waals surface area (Å²) < 4.78 is 4.99. The van der Waals surface area contributed by atoms with Gasteiger partial charge in [0.15, 0.2) is 0 Å². The molecule has 3 rings (SSSR count). The van der Waals surface area contributed by atoms with Crippen LogP contribution in [0, 0.1) is 5.92 Å². The number of hydrogen-bond donors (Lipinski definition) is 2. The second-order valence-corrected chi connectivity index (χ2v) is 5.80. The van der Waals surface area contributed by atoms with Crippen molar-refractivity contribution in [1.82, 2.24) is 4.98 Å². The number of aliphatic imine (C=N–C) groups is 1. The Morgan fingerprint density at radius 2 is 2.08 bits per heavy atom. The van der Waals surface area contributed by atoms with Gasteiger partial charge in [-0.25, -0.2) is 9.78 Å². The molecule has 1 aliphatic rings. The van der Waals surface area contributed by atoms with Gasteiger partial charge in [0.2, 0.25) is 5.91 Å². The molecule has 0 aliphatic carbocycles. The topological polar surface area (TPSA) is 107 Å². The van der Waals surface area contributed by atoms with Crippen LogP contribution >= 0.6 is 0 Å². The highest BCUT2D eigenvalue weighted by molar-refractivity contribution is 6.18. The molecule has 0 unspecified atom stereocenters. The van der Waals surface area contributed by atoms with E-state index in [-0.39, 0.29) is 24.1 Å². The fourth-order valence-corrected chi connectivity index (χ4v) is 2.50. The normalized spacial score (nSPS) is 12.0. The van der Waals surface area contributed by atoms with Crippen LogP contribution in [0.25, 0.3) is 10.9 Å². The predicted molar refractivity (Wildman–Crippen MR) is 92.8 cm³/mol. The second kappa shape index (κ2) is 5.92. The molecule has 2 aromatic rings. The molecular weight excluding hydrogens is 308 g/mol. The molecule has 124 valence electrons. The van der Waals surface area contributed by atoms with Crippen molar-refractivity contribution in [1.29, 1.82) is 0 Å². The van der Waals surface area contributed by atoms with Gasteiger partial charge in [-0.15, -0.1) is 0 Å². The molecule has 0 fully saturated rings. The van der Waals surface area contributed by atoms with Crippen molar-refractivity contribution in [2.75, 3.05) is 17.7 Å². The maximum Gasteiger partial charge on any atom is 0.356 e. The van der Waals surface area contributed by atoms with Gasteiger partial charge in [0.25, 0.3) is 0 Å². The number of ether oxygens (including phenoxy) is 1. The average Bonchev–Trinajstić information content (AvgIpc) is 2.96. The summed E-state index contributed by atoms with van der Waals surface area (Å²) in [5.41, 5.74) is 9.00. The summed E-state index contributed by atoms with van der Waals surface area (Å²) >= 11 is 0. The molecule has 3 N–H and O–H groups in total. The van der Waals surface area contributed by atoms with Gasteiger partial charge in [-0.05, 0) is 19.1 Å². The molecule has 24 heavy (non-hydrogen) atoms. The van der Waals surface area contributed by atoms with Crippen molar-refractivity contribution >= 4 is 46.1 Å². The maximum atomic E-state index is 12.0. The van der Waals surface area contributed by atoms with Crippen LogP contribution < -0.4 is 11.1 Å². The zero-order valence-electron chi connectivity index (χ0n) is 13.7. The molecule has 0 saturated carbocycles. The molecule has 1 amide bonds. The van der Waals surface area contributed by atoms with E-state index in [9.17, 15) is 9.59 Å². The number of rotatable bonds is 4. The monoisotopic (exact) mass is 326 g/mol. The number of carbonyl (C=O) groups excluding carboxylic acids is 2. The Morgan fingerprint density at radius 1 is 1.33 bits per heavy atom. The Balaban J connectivity index is 2.14. The minimum absolute atomic E-state index is 0.121. The summed E-state index contributed by atoms with van der Waals surface area (Å²) in [5.74, 6) is -0.790. The summed E-state index contributed by atoms with van der Waals surface area (Å²) in [6.07, 6.45) is 1.63. The number of nitrogens with two attached hydrogens (primary N) is 1. The lowest BCUT2D eigenvalue weighted by atomic mass is 10.1. The first-order valence-corrected chi connectivity index (χ1v) is 7.71. The van der Waals surface area contributed by atoms with Crippen LogP contribution in [0.2, 0.25) is 0 Å². The Morgan fingerprint density at radius 3 is 2.75 bits per heavy atom. The lowest BCUT2D eigenvalue weighted by Gasteiger charge is -2.13. The number of aromatic nitrogens is 1. The molecule has 2 heterocycles. The standard InChI is InChI=1S/C17H18N4O3/c1-4-24-17(23)12-5-9-7-19-15-11(21-16(22)8(2)3)6-10(18)14(20-12)13(9)15/h5-8H,4,18H2,1-3H3,(H,21,22). The summed E-state index contributed by atoms with van der Waals surface area (Å²) in [7, 11) is 0. The summed E-state index contributed by atoms with van der Waals surface area (Å²) in [6, 6.07) is 3.24. The lowest BCUT2D eigenvalue weighted by molar-refractivity contribution is -0.118. The smallest absolute Gasteiger partial charge is 0.356 e. The van der Waals surface area contributed by atoms with Crippen LogP contribution in [0.3, 0.4) is 0 Å². The Bertz CT molecular complexity index is 887. The molecule has 0 spiro atoms. The van der Waals surface area contributed by atoms with Crippen LogP contribution in [0.1, 0.15) is 36.8 Å². The Kier molecular flexibility index (Phi) is 3.92. The third kappa shape index (κ3) is 2.58. The van der Waals surface area contributed by atoms with Gasteiger partial charge in [-0.3, -0.25) is 9.79 Å². The number of anilines is 2. The van der Waals surface area contributed by atoms with Crippen LogP contribution in [0.15, 0.2) is 17.1 Å². The first-order valence-electron chi connectivity index (χ1n) is 7.71. The zero-order valence-corrected chi connectivity index (χ0v) is 13.7. The third-order valence-electron chi connectivity index (χ3n) is 3.71. The SMILES string of the molecule is CCOC(=O)c1cc2c3c(c(NC(=O)C(C)C)cc(N)c3n1)N=C2. The van der Waals surface area contributed by atoms with Gasteiger partial charge in [0, 0.05) is 23.1 Å². The minimum atomic E-state index is -0.505. The Hall–Kier alpha value is -2.96. The quantitative estimate of drug-likeness (QED) is 0.566. The van der Waals surface area contributed by atoms with Crippen molar-refractivity contribution in [3.63, 3.8) is 0 Å². The molecule has 7 heteroatoms. The lowest BCUT2D eigenvalue weighted by Crippen LogP contribution is -2.18. The molecule has 1 aromatic heterocycles. The summed E-state index contributed by atoms with van der Waals surface area (Å²) in [5, 5.41) is 3.56. The van der Waals surface area contributed by atoms with E-state index in [0.29, 0.717) is 22.6 Å². The van der Waals surface area contributed by atoms with E-state index in [0.717, 1.165) is 10.9 Å². The van der Waals surface area contributed by atoms with E-state index < -0.39 is 5.97 Å².